The van der Waals surface area contributed by atoms with E-state index < -0.39 is 0 Å². The number of carbonyl (C=O) groups is 1. The Kier molecular flexibility index (Phi) is 4.66. The quantitative estimate of drug-likeness (QED) is 0.864. The van der Waals surface area contributed by atoms with Crippen LogP contribution in [0.4, 0.5) is 0 Å². The lowest BCUT2D eigenvalue weighted by molar-refractivity contribution is -0.0226. The van der Waals surface area contributed by atoms with Gasteiger partial charge in [0.25, 0.3) is 11.5 Å². The van der Waals surface area contributed by atoms with E-state index in [1.54, 1.807) is 23.6 Å². The van der Waals surface area contributed by atoms with Gasteiger partial charge in [-0.15, -0.1) is 0 Å². The summed E-state index contributed by atoms with van der Waals surface area (Å²) in [6.45, 7) is 8.07. The minimum atomic E-state index is -0.0805. The van der Waals surface area contributed by atoms with Crippen LogP contribution in [0.25, 0.3) is 11.0 Å². The third-order valence-electron chi connectivity index (χ3n) is 4.55. The third-order valence-corrected chi connectivity index (χ3v) is 4.55. The Hall–Kier alpha value is -2.21. The number of benzene rings is 1. The maximum Gasteiger partial charge on any atom is 0.272 e. The lowest BCUT2D eigenvalue weighted by Gasteiger charge is -2.32. The van der Waals surface area contributed by atoms with Gasteiger partial charge in [-0.3, -0.25) is 9.59 Å². The molecule has 0 saturated carbocycles. The molecular formula is C18H23N3O3. The van der Waals surface area contributed by atoms with Crippen molar-refractivity contribution >= 4 is 16.9 Å². The lowest BCUT2D eigenvalue weighted by atomic mass is 10.1. The van der Waals surface area contributed by atoms with Gasteiger partial charge in [0, 0.05) is 25.2 Å². The zero-order chi connectivity index (χ0) is 17.3. The number of aromatic nitrogens is 2. The van der Waals surface area contributed by atoms with Crippen LogP contribution >= 0.6 is 0 Å². The number of aryl methyl sites for hydroxylation is 2. The molecule has 0 aliphatic carbocycles. The van der Waals surface area contributed by atoms with E-state index in [9.17, 15) is 9.59 Å². The summed E-state index contributed by atoms with van der Waals surface area (Å²) in [4.78, 5) is 31.2. The summed E-state index contributed by atoms with van der Waals surface area (Å²) in [5.41, 5.74) is 2.42. The Morgan fingerprint density at radius 1 is 1.38 bits per heavy atom. The summed E-state index contributed by atoms with van der Waals surface area (Å²) in [6, 6.07) is 5.38. The topological polar surface area (TPSA) is 64.4 Å². The standard InChI is InChI=1S/C18H23N3O3/c1-4-14-11-20(8-9-24-14)18(23)13-6-7-16-15(10-13)19-12(3)17(22)21(16)5-2/h6-7,10,14H,4-5,8-9,11H2,1-3H3/t14-/m1/s1. The van der Waals surface area contributed by atoms with Crippen molar-refractivity contribution in [3.8, 4) is 0 Å². The molecule has 1 fully saturated rings. The summed E-state index contributed by atoms with van der Waals surface area (Å²) < 4.78 is 7.32. The number of nitrogens with zero attached hydrogens (tertiary/aromatic N) is 3. The third kappa shape index (κ3) is 2.94. The maximum atomic E-state index is 12.8. The molecule has 1 aliphatic rings. The normalized spacial score (nSPS) is 18.1. The van der Waals surface area contributed by atoms with E-state index in [0.717, 1.165) is 11.9 Å². The second-order valence-electron chi connectivity index (χ2n) is 6.10. The minimum absolute atomic E-state index is 0.00708. The SMILES string of the molecule is CC[C@@H]1CN(C(=O)c2ccc3c(c2)nc(C)c(=O)n3CC)CCO1. The fourth-order valence-electron chi connectivity index (χ4n) is 3.15. The molecular weight excluding hydrogens is 306 g/mol. The highest BCUT2D eigenvalue weighted by molar-refractivity contribution is 5.97. The van der Waals surface area contributed by atoms with Crippen LogP contribution in [0.2, 0.25) is 0 Å². The van der Waals surface area contributed by atoms with Crippen LogP contribution in [0.3, 0.4) is 0 Å². The van der Waals surface area contributed by atoms with Crippen molar-refractivity contribution in [2.24, 2.45) is 0 Å². The van der Waals surface area contributed by atoms with E-state index >= 15 is 0 Å². The fraction of sp³-hybridized carbons (Fsp3) is 0.500. The average molecular weight is 329 g/mol. The van der Waals surface area contributed by atoms with Crippen molar-refractivity contribution in [1.29, 1.82) is 0 Å². The zero-order valence-electron chi connectivity index (χ0n) is 14.4. The predicted octanol–water partition coefficient (Wildman–Crippen LogP) is 1.98. The molecule has 2 heterocycles. The molecule has 1 aliphatic heterocycles. The molecule has 1 aromatic carbocycles. The molecule has 0 spiro atoms. The van der Waals surface area contributed by atoms with Crippen LogP contribution in [-0.4, -0.2) is 46.2 Å². The van der Waals surface area contributed by atoms with Gasteiger partial charge in [-0.25, -0.2) is 4.98 Å². The Bertz CT molecular complexity index is 828. The monoisotopic (exact) mass is 329 g/mol. The Morgan fingerprint density at radius 2 is 2.17 bits per heavy atom. The Balaban J connectivity index is 1.97. The van der Waals surface area contributed by atoms with Crippen molar-refractivity contribution < 1.29 is 9.53 Å². The number of hydrogen-bond acceptors (Lipinski definition) is 4. The van der Waals surface area contributed by atoms with E-state index in [1.165, 1.54) is 0 Å². The van der Waals surface area contributed by atoms with Gasteiger partial charge < -0.3 is 14.2 Å². The second kappa shape index (κ2) is 6.73. The highest BCUT2D eigenvalue weighted by Gasteiger charge is 2.24. The van der Waals surface area contributed by atoms with Gasteiger partial charge >= 0.3 is 0 Å². The molecule has 0 unspecified atom stereocenters. The van der Waals surface area contributed by atoms with Gasteiger partial charge in [0.2, 0.25) is 0 Å². The van der Waals surface area contributed by atoms with Crippen molar-refractivity contribution in [2.75, 3.05) is 19.7 Å². The number of ether oxygens (including phenoxy) is 1. The van der Waals surface area contributed by atoms with Gasteiger partial charge in [0.05, 0.1) is 23.7 Å². The van der Waals surface area contributed by atoms with Crippen LogP contribution in [0, 0.1) is 6.92 Å². The van der Waals surface area contributed by atoms with Crippen molar-refractivity contribution in [2.45, 2.75) is 39.8 Å². The Morgan fingerprint density at radius 3 is 2.88 bits per heavy atom. The van der Waals surface area contributed by atoms with E-state index in [1.807, 2.05) is 17.9 Å². The van der Waals surface area contributed by atoms with Crippen LogP contribution in [0.5, 0.6) is 0 Å². The molecule has 2 aromatic rings. The summed E-state index contributed by atoms with van der Waals surface area (Å²) in [5.74, 6) is -0.00708. The number of morpholine rings is 1. The van der Waals surface area contributed by atoms with Gasteiger partial charge in [0.15, 0.2) is 0 Å². The molecule has 0 N–H and O–H groups in total. The molecule has 1 aromatic heterocycles. The molecule has 1 saturated heterocycles. The molecule has 3 rings (SSSR count). The second-order valence-corrected chi connectivity index (χ2v) is 6.10. The van der Waals surface area contributed by atoms with Crippen LogP contribution in [0.1, 0.15) is 36.3 Å². The van der Waals surface area contributed by atoms with Gasteiger partial charge in [-0.1, -0.05) is 6.92 Å². The molecule has 1 amide bonds. The maximum absolute atomic E-state index is 12.8. The van der Waals surface area contributed by atoms with Gasteiger partial charge in [-0.2, -0.15) is 0 Å². The summed E-state index contributed by atoms with van der Waals surface area (Å²) in [7, 11) is 0. The molecule has 128 valence electrons. The number of fused-ring (bicyclic) bond motifs is 1. The fourth-order valence-corrected chi connectivity index (χ4v) is 3.15. The highest BCUT2D eigenvalue weighted by atomic mass is 16.5. The Labute approximate surface area is 141 Å². The lowest BCUT2D eigenvalue weighted by Crippen LogP contribution is -2.45. The number of carbonyl (C=O) groups excluding carboxylic acids is 1. The highest BCUT2D eigenvalue weighted by Crippen LogP contribution is 2.17. The van der Waals surface area contributed by atoms with E-state index in [2.05, 4.69) is 11.9 Å². The van der Waals surface area contributed by atoms with Crippen molar-refractivity contribution in [1.82, 2.24) is 14.5 Å². The predicted molar refractivity (Wildman–Crippen MR) is 92.3 cm³/mol. The van der Waals surface area contributed by atoms with E-state index in [-0.39, 0.29) is 17.6 Å². The molecule has 1 atom stereocenters. The van der Waals surface area contributed by atoms with E-state index in [4.69, 9.17) is 4.74 Å². The first kappa shape index (κ1) is 16.6. The average Bonchev–Trinajstić information content (AvgIpc) is 2.62. The van der Waals surface area contributed by atoms with E-state index in [0.29, 0.717) is 43.0 Å². The number of amides is 1. The first-order chi connectivity index (χ1) is 11.5. The summed E-state index contributed by atoms with van der Waals surface area (Å²) in [5, 5.41) is 0. The summed E-state index contributed by atoms with van der Waals surface area (Å²) >= 11 is 0. The van der Waals surface area contributed by atoms with Crippen molar-refractivity contribution in [3.63, 3.8) is 0 Å². The summed E-state index contributed by atoms with van der Waals surface area (Å²) in [6.07, 6.45) is 0.999. The van der Waals surface area contributed by atoms with Crippen molar-refractivity contribution in [3.05, 3.63) is 39.8 Å². The molecule has 6 heteroatoms. The largest absolute Gasteiger partial charge is 0.375 e. The molecule has 0 bridgehead atoms. The first-order valence-electron chi connectivity index (χ1n) is 8.47. The molecule has 6 nitrogen and oxygen atoms in total. The number of rotatable bonds is 3. The van der Waals surface area contributed by atoms with Crippen LogP contribution in [0.15, 0.2) is 23.0 Å². The van der Waals surface area contributed by atoms with Gasteiger partial charge in [-0.05, 0) is 38.5 Å². The molecule has 24 heavy (non-hydrogen) atoms. The van der Waals surface area contributed by atoms with Gasteiger partial charge in [0.1, 0.15) is 5.69 Å². The van der Waals surface area contributed by atoms with Crippen LogP contribution in [-0.2, 0) is 11.3 Å². The van der Waals surface area contributed by atoms with Crippen LogP contribution < -0.4 is 5.56 Å². The zero-order valence-corrected chi connectivity index (χ0v) is 14.4. The molecule has 0 radical (unpaired) electrons. The smallest absolute Gasteiger partial charge is 0.272 e. The first-order valence-corrected chi connectivity index (χ1v) is 8.47. The minimum Gasteiger partial charge on any atom is -0.375 e. The number of hydrogen-bond donors (Lipinski definition) is 0.